The van der Waals surface area contributed by atoms with Gasteiger partial charge < -0.3 is 21.1 Å². The fourth-order valence-corrected chi connectivity index (χ4v) is 3.68. The minimum Gasteiger partial charge on any atom is -0.402 e. The fourth-order valence-electron chi connectivity index (χ4n) is 3.68. The zero-order chi connectivity index (χ0) is 17.9. The van der Waals surface area contributed by atoms with Crippen molar-refractivity contribution < 1.29 is 4.74 Å². The van der Waals surface area contributed by atoms with E-state index in [0.717, 1.165) is 49.4 Å². The van der Waals surface area contributed by atoms with E-state index in [1.54, 1.807) is 7.11 Å². The number of allylic oxidation sites excluding steroid dienone is 2. The molecule has 0 amide bonds. The Morgan fingerprint density at radius 2 is 2.24 bits per heavy atom. The van der Waals surface area contributed by atoms with Gasteiger partial charge in [0.05, 0.1) is 12.6 Å². The minimum absolute atomic E-state index is 0.364. The summed E-state index contributed by atoms with van der Waals surface area (Å²) >= 11 is 0. The van der Waals surface area contributed by atoms with E-state index >= 15 is 0 Å². The van der Waals surface area contributed by atoms with Gasteiger partial charge in [0.1, 0.15) is 11.4 Å². The second-order valence-electron chi connectivity index (χ2n) is 7.05. The number of anilines is 1. The van der Waals surface area contributed by atoms with E-state index < -0.39 is 5.54 Å². The summed E-state index contributed by atoms with van der Waals surface area (Å²) in [7, 11) is 1.75. The molecule has 25 heavy (non-hydrogen) atoms. The first kappa shape index (κ1) is 17.9. The van der Waals surface area contributed by atoms with Crippen LogP contribution in [0.2, 0.25) is 0 Å². The molecule has 2 atom stereocenters. The number of nitrogens with two attached hydrogens (primary N) is 2. The molecule has 0 bridgehead atoms. The molecule has 1 aliphatic heterocycles. The van der Waals surface area contributed by atoms with Crippen LogP contribution in [0.5, 0.6) is 0 Å². The molecular weight excluding hydrogens is 314 g/mol. The Morgan fingerprint density at radius 3 is 2.96 bits per heavy atom. The lowest BCUT2D eigenvalue weighted by Gasteiger charge is -2.30. The lowest BCUT2D eigenvalue weighted by molar-refractivity contribution is 0.180. The molecule has 3 rings (SSSR count). The number of hydrogen-bond donors (Lipinski definition) is 2. The molecule has 2 heterocycles. The molecule has 6 nitrogen and oxygen atoms in total. The summed E-state index contributed by atoms with van der Waals surface area (Å²) in [6.07, 6.45) is 10.5. The van der Waals surface area contributed by atoms with Gasteiger partial charge in [0.15, 0.2) is 5.82 Å². The fraction of sp³-hybridized carbons (Fsp3) is 0.579. The smallest absolute Gasteiger partial charge is 0.155 e. The van der Waals surface area contributed by atoms with Gasteiger partial charge in [-0.1, -0.05) is 25.5 Å². The van der Waals surface area contributed by atoms with Crippen LogP contribution in [0.3, 0.4) is 0 Å². The highest BCUT2D eigenvalue weighted by Gasteiger charge is 2.33. The van der Waals surface area contributed by atoms with E-state index in [4.69, 9.17) is 26.2 Å². The van der Waals surface area contributed by atoms with Crippen molar-refractivity contribution in [1.29, 1.82) is 0 Å². The molecule has 0 spiro atoms. The number of hydrogen-bond acceptors (Lipinski definition) is 6. The average molecular weight is 343 g/mol. The van der Waals surface area contributed by atoms with Gasteiger partial charge in [0.2, 0.25) is 0 Å². The van der Waals surface area contributed by atoms with Crippen LogP contribution < -0.4 is 16.4 Å². The van der Waals surface area contributed by atoms with Crippen molar-refractivity contribution in [3.8, 4) is 0 Å². The Balaban J connectivity index is 1.98. The van der Waals surface area contributed by atoms with Gasteiger partial charge in [0.25, 0.3) is 0 Å². The molecule has 1 aliphatic carbocycles. The molecule has 136 valence electrons. The number of aromatic nitrogens is 2. The maximum Gasteiger partial charge on any atom is 0.155 e. The Labute approximate surface area is 150 Å². The van der Waals surface area contributed by atoms with Crippen molar-refractivity contribution in [2.45, 2.75) is 50.6 Å². The summed E-state index contributed by atoms with van der Waals surface area (Å²) in [6.45, 7) is 3.86. The van der Waals surface area contributed by atoms with Crippen LogP contribution in [0.25, 0.3) is 0 Å². The normalized spacial score (nSPS) is 26.1. The van der Waals surface area contributed by atoms with Crippen LogP contribution in [-0.4, -0.2) is 36.3 Å². The Kier molecular flexibility index (Phi) is 5.39. The van der Waals surface area contributed by atoms with Crippen molar-refractivity contribution >= 4 is 5.82 Å². The molecule has 1 saturated heterocycles. The molecule has 1 aromatic rings. The topological polar surface area (TPSA) is 90.3 Å². The van der Waals surface area contributed by atoms with E-state index in [0.29, 0.717) is 24.9 Å². The maximum atomic E-state index is 6.62. The first-order chi connectivity index (χ1) is 12.1. The highest BCUT2D eigenvalue weighted by molar-refractivity contribution is 5.44. The van der Waals surface area contributed by atoms with Crippen molar-refractivity contribution in [2.75, 3.05) is 25.2 Å². The zero-order valence-electron chi connectivity index (χ0n) is 15.2. The maximum absolute atomic E-state index is 6.62. The van der Waals surface area contributed by atoms with Crippen molar-refractivity contribution in [3.05, 3.63) is 41.5 Å². The largest absolute Gasteiger partial charge is 0.402 e. The summed E-state index contributed by atoms with van der Waals surface area (Å²) in [6, 6.07) is 2.47. The van der Waals surface area contributed by atoms with E-state index in [2.05, 4.69) is 17.9 Å². The molecule has 0 aromatic carbocycles. The summed E-state index contributed by atoms with van der Waals surface area (Å²) in [5, 5.41) is 0. The zero-order valence-corrected chi connectivity index (χ0v) is 15.2. The Hall–Kier alpha value is -1.92. The molecule has 1 fully saturated rings. The van der Waals surface area contributed by atoms with Gasteiger partial charge in [-0.3, -0.25) is 0 Å². The van der Waals surface area contributed by atoms with Crippen LogP contribution >= 0.6 is 0 Å². The molecule has 0 saturated carbocycles. The molecular formula is C19H29N5O. The third-order valence-electron chi connectivity index (χ3n) is 4.92. The van der Waals surface area contributed by atoms with Gasteiger partial charge in [-0.15, -0.1) is 0 Å². The second-order valence-corrected chi connectivity index (χ2v) is 7.05. The molecule has 4 N–H and O–H groups in total. The third kappa shape index (κ3) is 3.85. The average Bonchev–Trinajstić information content (AvgIpc) is 3.03. The highest BCUT2D eigenvalue weighted by Crippen LogP contribution is 2.30. The predicted octanol–water partition coefficient (Wildman–Crippen LogP) is 2.00. The molecule has 0 radical (unpaired) electrons. The van der Waals surface area contributed by atoms with E-state index in [9.17, 15) is 0 Å². The van der Waals surface area contributed by atoms with Gasteiger partial charge in [-0.25, -0.2) is 9.97 Å². The lowest BCUT2D eigenvalue weighted by atomic mass is 9.89. The molecule has 1 aromatic heterocycles. The van der Waals surface area contributed by atoms with Gasteiger partial charge >= 0.3 is 0 Å². The van der Waals surface area contributed by atoms with E-state index in [-0.39, 0.29) is 0 Å². The third-order valence-corrected chi connectivity index (χ3v) is 4.92. The molecule has 6 heteroatoms. The molecule has 2 aliphatic rings. The summed E-state index contributed by atoms with van der Waals surface area (Å²) < 4.78 is 5.39. The number of rotatable bonds is 6. The lowest BCUT2D eigenvalue weighted by Crippen LogP contribution is -2.40. The van der Waals surface area contributed by atoms with Crippen LogP contribution in [-0.2, 0) is 16.7 Å². The van der Waals surface area contributed by atoms with Crippen LogP contribution in [0.4, 0.5) is 5.82 Å². The van der Waals surface area contributed by atoms with Crippen LogP contribution in [0.15, 0.2) is 30.0 Å². The van der Waals surface area contributed by atoms with Crippen molar-refractivity contribution in [2.24, 2.45) is 11.5 Å². The summed E-state index contributed by atoms with van der Waals surface area (Å²) in [5.74, 6) is 1.61. The van der Waals surface area contributed by atoms with Crippen LogP contribution in [0.1, 0.15) is 44.1 Å². The highest BCUT2D eigenvalue weighted by atomic mass is 16.5. The number of ether oxygens (including phenoxy) is 1. The Morgan fingerprint density at radius 1 is 1.40 bits per heavy atom. The predicted molar refractivity (Wildman–Crippen MR) is 100 cm³/mol. The standard InChI is InChI=1S/C19H29N5O/c1-3-6-15-11-17(24-10-5-8-16(24)13-25-2)23-18(22-15)19(21)9-4-7-14(20)12-19/h4,7,9,11,16H,3,5-6,8,10,12-13,20-21H2,1-2H3. The molecule has 2 unspecified atom stereocenters. The van der Waals surface area contributed by atoms with Gasteiger partial charge in [-0.05, 0) is 25.3 Å². The van der Waals surface area contributed by atoms with Crippen molar-refractivity contribution in [1.82, 2.24) is 9.97 Å². The van der Waals surface area contributed by atoms with E-state index in [1.165, 1.54) is 0 Å². The summed E-state index contributed by atoms with van der Waals surface area (Å²) in [5.41, 5.74) is 13.7. The number of nitrogens with zero attached hydrogens (tertiary/aromatic N) is 3. The first-order valence-corrected chi connectivity index (χ1v) is 9.12. The minimum atomic E-state index is -0.742. The first-order valence-electron chi connectivity index (χ1n) is 9.12. The van der Waals surface area contributed by atoms with Gasteiger partial charge in [-0.2, -0.15) is 0 Å². The van der Waals surface area contributed by atoms with E-state index in [1.807, 2.05) is 18.2 Å². The number of methoxy groups -OCH3 is 1. The quantitative estimate of drug-likeness (QED) is 0.821. The van der Waals surface area contributed by atoms with Crippen LogP contribution in [0, 0.1) is 0 Å². The Bertz CT molecular complexity index is 672. The van der Waals surface area contributed by atoms with Gasteiger partial charge in [0, 0.05) is 37.5 Å². The second kappa shape index (κ2) is 7.54. The SMILES string of the molecule is CCCc1cc(N2CCCC2COC)nc(C2(N)C=CC=C(N)C2)n1. The monoisotopic (exact) mass is 343 g/mol. The summed E-state index contributed by atoms with van der Waals surface area (Å²) in [4.78, 5) is 12.0. The van der Waals surface area contributed by atoms with Crippen molar-refractivity contribution in [3.63, 3.8) is 0 Å². The number of aryl methyl sites for hydroxylation is 1.